The predicted octanol–water partition coefficient (Wildman–Crippen LogP) is 5.10. The van der Waals surface area contributed by atoms with Crippen LogP contribution in [0, 0.1) is 11.3 Å². The summed E-state index contributed by atoms with van der Waals surface area (Å²) in [5.41, 5.74) is 4.95. The Morgan fingerprint density at radius 1 is 0.975 bits per heavy atom. The number of hydrogen-bond donors (Lipinski definition) is 2. The summed E-state index contributed by atoms with van der Waals surface area (Å²) in [5.74, 6) is 0.187. The Hall–Kier alpha value is -2.75. The van der Waals surface area contributed by atoms with Crippen molar-refractivity contribution in [3.63, 3.8) is 0 Å². The van der Waals surface area contributed by atoms with Crippen LogP contribution in [-0.2, 0) is 25.9 Å². The highest BCUT2D eigenvalue weighted by Gasteiger charge is 2.51. The Bertz CT molecular complexity index is 1300. The van der Waals surface area contributed by atoms with Gasteiger partial charge in [0, 0.05) is 23.7 Å². The van der Waals surface area contributed by atoms with Crippen molar-refractivity contribution < 1.29 is 22.8 Å². The van der Waals surface area contributed by atoms with Crippen molar-refractivity contribution in [1.29, 1.82) is 0 Å². The van der Waals surface area contributed by atoms with E-state index in [9.17, 15) is 18.0 Å². The van der Waals surface area contributed by atoms with E-state index in [2.05, 4.69) is 17.7 Å². The van der Waals surface area contributed by atoms with Gasteiger partial charge in [0.1, 0.15) is 6.17 Å². The van der Waals surface area contributed by atoms with E-state index < -0.39 is 9.84 Å². The van der Waals surface area contributed by atoms with Gasteiger partial charge in [0.25, 0.3) is 5.91 Å². The van der Waals surface area contributed by atoms with Crippen molar-refractivity contribution in [2.45, 2.75) is 88.3 Å². The number of hydrogen-bond acceptors (Lipinski definition) is 6. The van der Waals surface area contributed by atoms with Gasteiger partial charge in [-0.25, -0.2) is 8.42 Å². The number of anilines is 1. The van der Waals surface area contributed by atoms with Gasteiger partial charge in [-0.1, -0.05) is 44.2 Å². The SMILES string of the molecule is CC1ONC(N(C)C(=O)c2ccc(NC(=O)Cc3ccc(S(=O)(=O)CC4CC4)cc3)cc2)C12CCCCCCC2. The minimum absolute atomic E-state index is 0.0341. The molecule has 2 aromatic carbocycles. The molecular weight excluding hydrogens is 526 g/mol. The third kappa shape index (κ3) is 6.42. The van der Waals surface area contributed by atoms with Gasteiger partial charge in [-0.05, 0) is 80.5 Å². The molecule has 2 amide bonds. The van der Waals surface area contributed by atoms with Gasteiger partial charge in [-0.15, -0.1) is 0 Å². The maximum atomic E-state index is 13.5. The predicted molar refractivity (Wildman–Crippen MR) is 154 cm³/mol. The van der Waals surface area contributed by atoms with E-state index in [-0.39, 0.29) is 47.6 Å². The summed E-state index contributed by atoms with van der Waals surface area (Å²) < 4.78 is 24.9. The van der Waals surface area contributed by atoms with Crippen LogP contribution in [0.5, 0.6) is 0 Å². The molecular formula is C31H41N3O5S. The molecule has 5 rings (SSSR count). The second-order valence-electron chi connectivity index (χ2n) is 11.9. The van der Waals surface area contributed by atoms with E-state index in [0.29, 0.717) is 16.1 Å². The van der Waals surface area contributed by atoms with Crippen LogP contribution in [0.3, 0.4) is 0 Å². The minimum Gasteiger partial charge on any atom is -0.326 e. The molecule has 1 heterocycles. The maximum absolute atomic E-state index is 13.5. The van der Waals surface area contributed by atoms with Crippen molar-refractivity contribution in [3.8, 4) is 0 Å². The minimum atomic E-state index is -3.27. The molecule has 9 heteroatoms. The van der Waals surface area contributed by atoms with E-state index >= 15 is 0 Å². The first-order valence-corrected chi connectivity index (χ1v) is 16.2. The van der Waals surface area contributed by atoms with Crippen LogP contribution >= 0.6 is 0 Å². The standard InChI is InChI=1S/C31H41N3O5S/c1-22-31(18-6-4-3-5-7-19-31)30(33-39-22)34(2)29(36)25-12-14-26(15-13-25)32-28(35)20-23-10-16-27(17-11-23)40(37,38)21-24-8-9-24/h10-17,22,24,30,33H,3-9,18-21H2,1-2H3,(H,32,35). The highest BCUT2D eigenvalue weighted by atomic mass is 32.2. The van der Waals surface area contributed by atoms with Crippen LogP contribution < -0.4 is 10.8 Å². The zero-order valence-corrected chi connectivity index (χ0v) is 24.3. The van der Waals surface area contributed by atoms with Gasteiger partial charge in [-0.2, -0.15) is 5.48 Å². The van der Waals surface area contributed by atoms with Crippen LogP contribution in [0.15, 0.2) is 53.4 Å². The maximum Gasteiger partial charge on any atom is 0.254 e. The van der Waals surface area contributed by atoms with E-state index in [1.165, 1.54) is 19.3 Å². The van der Waals surface area contributed by atoms with Crippen LogP contribution in [0.1, 0.15) is 80.6 Å². The summed E-state index contributed by atoms with van der Waals surface area (Å²) in [5, 5.41) is 2.87. The van der Waals surface area contributed by atoms with Crippen molar-refractivity contribution in [3.05, 3.63) is 59.7 Å². The topological polar surface area (TPSA) is 105 Å². The van der Waals surface area contributed by atoms with Crippen LogP contribution in [0.2, 0.25) is 0 Å². The smallest absolute Gasteiger partial charge is 0.254 e. The molecule has 2 N–H and O–H groups in total. The van der Waals surface area contributed by atoms with Crippen molar-refractivity contribution in [1.82, 2.24) is 10.4 Å². The monoisotopic (exact) mass is 567 g/mol. The summed E-state index contributed by atoms with van der Waals surface area (Å²) in [7, 11) is -1.44. The average molecular weight is 568 g/mol. The number of nitrogens with zero attached hydrogens (tertiary/aromatic N) is 1. The van der Waals surface area contributed by atoms with E-state index in [1.54, 1.807) is 53.4 Å². The first-order chi connectivity index (χ1) is 19.2. The normalized spacial score (nSPS) is 22.9. The molecule has 0 aromatic heterocycles. The van der Waals surface area contributed by atoms with Gasteiger partial charge >= 0.3 is 0 Å². The van der Waals surface area contributed by atoms with E-state index in [1.807, 2.05) is 7.05 Å². The summed E-state index contributed by atoms with van der Waals surface area (Å²) in [6, 6.07) is 13.5. The van der Waals surface area contributed by atoms with Crippen LogP contribution in [0.4, 0.5) is 5.69 Å². The lowest BCUT2D eigenvalue weighted by Crippen LogP contribution is -2.53. The van der Waals surface area contributed by atoms with Crippen molar-refractivity contribution >= 4 is 27.3 Å². The number of nitrogens with one attached hydrogen (secondary N) is 2. The number of carbonyl (C=O) groups is 2. The molecule has 2 saturated carbocycles. The third-order valence-corrected chi connectivity index (χ3v) is 10.8. The molecule has 216 valence electrons. The molecule has 40 heavy (non-hydrogen) atoms. The fourth-order valence-corrected chi connectivity index (χ4v) is 7.94. The number of amides is 2. The Kier molecular flexibility index (Phi) is 8.63. The number of carbonyl (C=O) groups excluding carboxylic acids is 2. The van der Waals surface area contributed by atoms with Gasteiger partial charge in [-0.3, -0.25) is 14.4 Å². The lowest BCUT2D eigenvalue weighted by molar-refractivity contribution is -0.115. The van der Waals surface area contributed by atoms with Gasteiger partial charge in [0.2, 0.25) is 5.91 Å². The molecule has 0 bridgehead atoms. The largest absolute Gasteiger partial charge is 0.326 e. The summed E-state index contributed by atoms with van der Waals surface area (Å²) in [6.07, 6.45) is 10.0. The highest BCUT2D eigenvalue weighted by molar-refractivity contribution is 7.91. The number of benzene rings is 2. The van der Waals surface area contributed by atoms with E-state index in [4.69, 9.17) is 4.84 Å². The molecule has 8 nitrogen and oxygen atoms in total. The molecule has 1 spiro atoms. The zero-order valence-electron chi connectivity index (χ0n) is 23.5. The van der Waals surface area contributed by atoms with Crippen molar-refractivity contribution in [2.75, 3.05) is 18.1 Å². The van der Waals surface area contributed by atoms with Gasteiger partial charge in [0.15, 0.2) is 9.84 Å². The number of hydroxylamine groups is 1. The lowest BCUT2D eigenvalue weighted by atomic mass is 9.70. The Balaban J connectivity index is 1.18. The highest BCUT2D eigenvalue weighted by Crippen LogP contribution is 2.45. The molecule has 2 unspecified atom stereocenters. The molecule has 1 aliphatic heterocycles. The lowest BCUT2D eigenvalue weighted by Gasteiger charge is -2.41. The van der Waals surface area contributed by atoms with Crippen LogP contribution in [-0.4, -0.2) is 50.2 Å². The second-order valence-corrected chi connectivity index (χ2v) is 13.9. The Morgan fingerprint density at radius 3 is 2.23 bits per heavy atom. The Labute approximate surface area is 237 Å². The first kappa shape index (κ1) is 28.8. The number of rotatable bonds is 8. The third-order valence-electron chi connectivity index (χ3n) is 8.92. The van der Waals surface area contributed by atoms with E-state index in [0.717, 1.165) is 44.1 Å². The van der Waals surface area contributed by atoms with Crippen molar-refractivity contribution in [2.24, 2.45) is 11.3 Å². The summed E-state index contributed by atoms with van der Waals surface area (Å²) >= 11 is 0. The number of sulfone groups is 1. The average Bonchev–Trinajstić information content (AvgIpc) is 3.66. The first-order valence-electron chi connectivity index (χ1n) is 14.6. The molecule has 3 aliphatic rings. The quantitative estimate of drug-likeness (QED) is 0.460. The van der Waals surface area contributed by atoms with Gasteiger partial charge < -0.3 is 10.2 Å². The second kappa shape index (κ2) is 12.0. The Morgan fingerprint density at radius 2 is 1.60 bits per heavy atom. The zero-order chi connectivity index (χ0) is 28.3. The molecule has 0 radical (unpaired) electrons. The summed E-state index contributed by atoms with van der Waals surface area (Å²) in [6.45, 7) is 2.11. The molecule has 2 aliphatic carbocycles. The molecule has 1 saturated heterocycles. The fraction of sp³-hybridized carbons (Fsp3) is 0.548. The molecule has 2 atom stereocenters. The van der Waals surface area contributed by atoms with Gasteiger partial charge in [0.05, 0.1) is 23.2 Å². The summed E-state index contributed by atoms with van der Waals surface area (Å²) in [4.78, 5) is 34.1. The fourth-order valence-electron chi connectivity index (χ4n) is 6.25. The van der Waals surface area contributed by atoms with Crippen LogP contribution in [0.25, 0.3) is 0 Å². The molecule has 2 aromatic rings. The molecule has 3 fully saturated rings.